The van der Waals surface area contributed by atoms with Gasteiger partial charge in [0.1, 0.15) is 5.75 Å². The van der Waals surface area contributed by atoms with Crippen LogP contribution in [-0.4, -0.2) is 18.8 Å². The smallest absolute Gasteiger partial charge is 0.137 e. The van der Waals surface area contributed by atoms with E-state index < -0.39 is 0 Å². The Labute approximate surface area is 114 Å². The van der Waals surface area contributed by atoms with Crippen LogP contribution in [0.3, 0.4) is 0 Å². The first-order valence-corrected chi connectivity index (χ1v) is 7.08. The van der Waals surface area contributed by atoms with E-state index in [0.717, 1.165) is 5.56 Å². The third-order valence-corrected chi connectivity index (χ3v) is 4.31. The van der Waals surface area contributed by atoms with Crippen LogP contribution in [0.2, 0.25) is 5.02 Å². The predicted octanol–water partition coefficient (Wildman–Crippen LogP) is 4.00. The maximum absolute atomic E-state index is 9.67. The van der Waals surface area contributed by atoms with Crippen molar-refractivity contribution in [3.05, 3.63) is 28.8 Å². The normalized spacial score (nSPS) is 18.6. The Morgan fingerprint density at radius 3 is 2.61 bits per heavy atom. The minimum absolute atomic E-state index is 0.202. The van der Waals surface area contributed by atoms with Crippen molar-refractivity contribution in [2.75, 3.05) is 13.7 Å². The highest BCUT2D eigenvalue weighted by molar-refractivity contribution is 6.32. The van der Waals surface area contributed by atoms with Gasteiger partial charge in [-0.15, -0.1) is 0 Å². The zero-order valence-corrected chi connectivity index (χ0v) is 11.6. The lowest BCUT2D eigenvalue weighted by Crippen LogP contribution is -2.19. The molecule has 1 aliphatic rings. The lowest BCUT2D eigenvalue weighted by molar-refractivity contribution is 0.196. The molecule has 100 valence electrons. The summed E-state index contributed by atoms with van der Waals surface area (Å²) in [6, 6.07) is 5.86. The van der Waals surface area contributed by atoms with Gasteiger partial charge in [0.05, 0.1) is 18.7 Å². The van der Waals surface area contributed by atoms with Crippen molar-refractivity contribution < 1.29 is 9.84 Å². The average Bonchev–Trinajstić information content (AvgIpc) is 2.41. The van der Waals surface area contributed by atoms with Crippen molar-refractivity contribution in [1.29, 1.82) is 0 Å². The fraction of sp³-hybridized carbons (Fsp3) is 0.600. The molecule has 0 bridgehead atoms. The number of aliphatic hydroxyl groups excluding tert-OH is 1. The van der Waals surface area contributed by atoms with E-state index in [-0.39, 0.29) is 12.5 Å². The molecule has 2 nitrogen and oxygen atoms in total. The highest BCUT2D eigenvalue weighted by atomic mass is 35.5. The summed E-state index contributed by atoms with van der Waals surface area (Å²) in [5.74, 6) is 1.50. The van der Waals surface area contributed by atoms with E-state index in [2.05, 4.69) is 0 Å². The standard InChI is InChI=1S/C15H21ClO2/c1-18-15-8-7-12(9-14(15)16)13(10-17)11-5-3-2-4-6-11/h7-9,11,13,17H,2-6,10H2,1H3. The van der Waals surface area contributed by atoms with Crippen molar-refractivity contribution in [3.8, 4) is 5.75 Å². The van der Waals surface area contributed by atoms with Gasteiger partial charge in [0.2, 0.25) is 0 Å². The molecule has 3 heteroatoms. The summed E-state index contributed by atoms with van der Waals surface area (Å²) in [4.78, 5) is 0. The van der Waals surface area contributed by atoms with E-state index in [0.29, 0.717) is 16.7 Å². The van der Waals surface area contributed by atoms with Gasteiger partial charge in [-0.2, -0.15) is 0 Å². The number of aliphatic hydroxyl groups is 1. The Bertz CT molecular complexity index is 386. The zero-order chi connectivity index (χ0) is 13.0. The summed E-state index contributed by atoms with van der Waals surface area (Å²) >= 11 is 6.16. The van der Waals surface area contributed by atoms with E-state index in [1.807, 2.05) is 18.2 Å². The monoisotopic (exact) mass is 268 g/mol. The van der Waals surface area contributed by atoms with Crippen molar-refractivity contribution >= 4 is 11.6 Å². The highest BCUT2D eigenvalue weighted by Gasteiger charge is 2.24. The van der Waals surface area contributed by atoms with Gasteiger partial charge in [-0.3, -0.25) is 0 Å². The van der Waals surface area contributed by atoms with Gasteiger partial charge in [-0.05, 0) is 36.5 Å². The zero-order valence-electron chi connectivity index (χ0n) is 10.9. The van der Waals surface area contributed by atoms with Gasteiger partial charge in [0.15, 0.2) is 0 Å². The Morgan fingerprint density at radius 1 is 1.33 bits per heavy atom. The molecule has 0 aromatic heterocycles. The first-order valence-electron chi connectivity index (χ1n) is 6.70. The molecule has 1 fully saturated rings. The summed E-state index contributed by atoms with van der Waals surface area (Å²) in [5, 5.41) is 10.3. The van der Waals surface area contributed by atoms with Crippen LogP contribution in [0.15, 0.2) is 18.2 Å². The first kappa shape index (κ1) is 13.7. The number of hydrogen-bond donors (Lipinski definition) is 1. The molecule has 0 amide bonds. The topological polar surface area (TPSA) is 29.5 Å². The second kappa shape index (κ2) is 6.44. The minimum atomic E-state index is 0.202. The Morgan fingerprint density at radius 2 is 2.06 bits per heavy atom. The van der Waals surface area contributed by atoms with Crippen LogP contribution in [0.5, 0.6) is 5.75 Å². The van der Waals surface area contributed by atoms with Gasteiger partial charge >= 0.3 is 0 Å². The van der Waals surface area contributed by atoms with E-state index in [1.165, 1.54) is 32.1 Å². The molecule has 0 heterocycles. The fourth-order valence-corrected chi connectivity index (χ4v) is 3.24. The lowest BCUT2D eigenvalue weighted by atomic mass is 9.77. The van der Waals surface area contributed by atoms with E-state index in [1.54, 1.807) is 7.11 Å². The highest BCUT2D eigenvalue weighted by Crippen LogP contribution is 2.37. The van der Waals surface area contributed by atoms with Gasteiger partial charge < -0.3 is 9.84 Å². The number of ether oxygens (including phenoxy) is 1. The Kier molecular flexibility index (Phi) is 4.90. The molecular formula is C15H21ClO2. The summed E-state index contributed by atoms with van der Waals surface area (Å²) < 4.78 is 5.16. The quantitative estimate of drug-likeness (QED) is 0.894. The number of hydrogen-bond acceptors (Lipinski definition) is 2. The molecule has 1 N–H and O–H groups in total. The van der Waals surface area contributed by atoms with Crippen LogP contribution in [0.4, 0.5) is 0 Å². The first-order chi connectivity index (χ1) is 8.76. The maximum Gasteiger partial charge on any atom is 0.137 e. The van der Waals surface area contributed by atoms with Crippen LogP contribution < -0.4 is 4.74 Å². The number of benzene rings is 1. The van der Waals surface area contributed by atoms with Crippen LogP contribution in [-0.2, 0) is 0 Å². The molecule has 0 radical (unpaired) electrons. The Balaban J connectivity index is 2.18. The van der Waals surface area contributed by atoms with Crippen LogP contribution in [0.25, 0.3) is 0 Å². The lowest BCUT2D eigenvalue weighted by Gasteiger charge is -2.29. The number of methoxy groups -OCH3 is 1. The van der Waals surface area contributed by atoms with Crippen LogP contribution in [0.1, 0.15) is 43.6 Å². The molecule has 1 saturated carbocycles. The summed E-state index contributed by atoms with van der Waals surface area (Å²) in [6.07, 6.45) is 6.33. The third kappa shape index (κ3) is 2.99. The third-order valence-electron chi connectivity index (χ3n) is 4.02. The van der Waals surface area contributed by atoms with Crippen molar-refractivity contribution in [1.82, 2.24) is 0 Å². The molecule has 1 aliphatic carbocycles. The second-order valence-corrected chi connectivity index (χ2v) is 5.49. The van der Waals surface area contributed by atoms with Crippen molar-refractivity contribution in [2.45, 2.75) is 38.0 Å². The summed E-state index contributed by atoms with van der Waals surface area (Å²) in [5.41, 5.74) is 1.13. The molecule has 1 aromatic carbocycles. The predicted molar refractivity (Wildman–Crippen MR) is 74.4 cm³/mol. The molecule has 0 aliphatic heterocycles. The number of halogens is 1. The van der Waals surface area contributed by atoms with E-state index in [9.17, 15) is 5.11 Å². The minimum Gasteiger partial charge on any atom is -0.495 e. The summed E-state index contributed by atoms with van der Waals surface area (Å²) in [7, 11) is 1.62. The largest absolute Gasteiger partial charge is 0.495 e. The van der Waals surface area contributed by atoms with Gasteiger partial charge in [-0.1, -0.05) is 36.9 Å². The molecule has 1 atom stereocenters. The van der Waals surface area contributed by atoms with Gasteiger partial charge in [0, 0.05) is 5.92 Å². The van der Waals surface area contributed by atoms with Crippen molar-refractivity contribution in [3.63, 3.8) is 0 Å². The average molecular weight is 269 g/mol. The molecule has 0 saturated heterocycles. The molecular weight excluding hydrogens is 248 g/mol. The molecule has 1 aromatic rings. The fourth-order valence-electron chi connectivity index (χ4n) is 2.98. The van der Waals surface area contributed by atoms with Gasteiger partial charge in [0.25, 0.3) is 0 Å². The van der Waals surface area contributed by atoms with E-state index in [4.69, 9.17) is 16.3 Å². The van der Waals surface area contributed by atoms with Crippen LogP contribution in [0, 0.1) is 5.92 Å². The van der Waals surface area contributed by atoms with E-state index >= 15 is 0 Å². The Hall–Kier alpha value is -0.730. The van der Waals surface area contributed by atoms with Gasteiger partial charge in [-0.25, -0.2) is 0 Å². The molecule has 1 unspecified atom stereocenters. The second-order valence-electron chi connectivity index (χ2n) is 5.08. The SMILES string of the molecule is COc1ccc(C(CO)C2CCCCC2)cc1Cl. The van der Waals surface area contributed by atoms with Crippen LogP contribution >= 0.6 is 11.6 Å². The molecule has 18 heavy (non-hydrogen) atoms. The molecule has 2 rings (SSSR count). The summed E-state index contributed by atoms with van der Waals surface area (Å²) in [6.45, 7) is 0.202. The molecule has 0 spiro atoms. The number of rotatable bonds is 4. The van der Waals surface area contributed by atoms with Crippen molar-refractivity contribution in [2.24, 2.45) is 5.92 Å². The maximum atomic E-state index is 9.67.